The van der Waals surface area contributed by atoms with Crippen molar-refractivity contribution in [2.24, 2.45) is 10.2 Å². The summed E-state index contributed by atoms with van der Waals surface area (Å²) in [5.74, 6) is 0.439. The summed E-state index contributed by atoms with van der Waals surface area (Å²) in [5, 5.41) is 12.2. The molecule has 5 rings (SSSR count). The van der Waals surface area contributed by atoms with E-state index in [1.165, 1.54) is 5.56 Å². The van der Waals surface area contributed by atoms with E-state index in [1.807, 2.05) is 42.6 Å². The van der Waals surface area contributed by atoms with Gasteiger partial charge in [-0.1, -0.05) is 67.6 Å². The molecular weight excluding hydrogens is 346 g/mol. The summed E-state index contributed by atoms with van der Waals surface area (Å²) in [6.07, 6.45) is 3.87. The van der Waals surface area contributed by atoms with Crippen LogP contribution in [0.5, 0.6) is 0 Å². The number of carbonyl (C=O) groups is 1. The summed E-state index contributed by atoms with van der Waals surface area (Å²) < 4.78 is 0. The molecule has 1 unspecified atom stereocenters. The lowest BCUT2D eigenvalue weighted by atomic mass is 9.60. The highest BCUT2D eigenvalue weighted by Gasteiger charge is 2.51. The van der Waals surface area contributed by atoms with E-state index in [0.717, 1.165) is 35.2 Å². The van der Waals surface area contributed by atoms with Gasteiger partial charge < -0.3 is 5.32 Å². The second-order valence-electron chi connectivity index (χ2n) is 7.78. The molecule has 1 N–H and O–H groups in total. The highest BCUT2D eigenvalue weighted by molar-refractivity contribution is 6.01. The number of allylic oxidation sites excluding steroid dienone is 2. The number of benzene rings is 2. The maximum atomic E-state index is 13.6. The summed E-state index contributed by atoms with van der Waals surface area (Å²) in [4.78, 5) is 13.6. The minimum Gasteiger partial charge on any atom is -0.362 e. The molecule has 0 saturated carbocycles. The van der Waals surface area contributed by atoms with Crippen LogP contribution in [0.1, 0.15) is 43.2 Å². The Balaban J connectivity index is 1.68. The number of hydrogen-bond donors (Lipinski definition) is 1. The molecule has 2 aromatic carbocycles. The van der Waals surface area contributed by atoms with E-state index in [0.29, 0.717) is 6.42 Å². The standard InChI is InChI=1S/C24H23N3O/c1-2-24(18-11-7-4-8-12-18)19-15-25-27-23(19)26-20-13-17(14-21(28)22(20)24)16-9-5-3-6-10-16/h3-12,15,17,23,26H,2,13-14H2,1H3/t17-,23?,24+/m0/s1. The Labute approximate surface area is 165 Å². The minimum absolute atomic E-state index is 0.179. The van der Waals surface area contributed by atoms with Crippen molar-refractivity contribution in [3.8, 4) is 0 Å². The number of hydrogen-bond acceptors (Lipinski definition) is 4. The van der Waals surface area contributed by atoms with Gasteiger partial charge >= 0.3 is 0 Å². The Hall–Kier alpha value is -3.01. The molecule has 0 fully saturated rings. The van der Waals surface area contributed by atoms with Crippen LogP contribution in [-0.2, 0) is 10.2 Å². The average molecular weight is 369 g/mol. The normalized spacial score (nSPS) is 28.5. The van der Waals surface area contributed by atoms with E-state index in [1.54, 1.807) is 0 Å². The molecule has 2 heterocycles. The molecule has 28 heavy (non-hydrogen) atoms. The molecule has 2 aliphatic heterocycles. The highest BCUT2D eigenvalue weighted by atomic mass is 16.1. The summed E-state index contributed by atoms with van der Waals surface area (Å²) in [6, 6.07) is 20.7. The van der Waals surface area contributed by atoms with Crippen molar-refractivity contribution < 1.29 is 4.79 Å². The van der Waals surface area contributed by atoms with Gasteiger partial charge in [-0.15, -0.1) is 0 Å². The first-order chi connectivity index (χ1) is 13.7. The van der Waals surface area contributed by atoms with Crippen molar-refractivity contribution in [2.75, 3.05) is 0 Å². The molecule has 0 radical (unpaired) electrons. The molecule has 0 bridgehead atoms. The summed E-state index contributed by atoms with van der Waals surface area (Å²) in [5.41, 5.74) is 4.98. The van der Waals surface area contributed by atoms with Gasteiger partial charge in [-0.05, 0) is 29.9 Å². The number of ketones is 1. The van der Waals surface area contributed by atoms with Crippen molar-refractivity contribution in [3.05, 3.63) is 94.8 Å². The maximum Gasteiger partial charge on any atom is 0.164 e. The zero-order valence-corrected chi connectivity index (χ0v) is 15.9. The second kappa shape index (κ2) is 6.55. The van der Waals surface area contributed by atoms with Gasteiger partial charge in [0.2, 0.25) is 0 Å². The molecule has 4 heteroatoms. The van der Waals surface area contributed by atoms with Crippen molar-refractivity contribution in [2.45, 2.75) is 43.7 Å². The first kappa shape index (κ1) is 17.1. The smallest absolute Gasteiger partial charge is 0.164 e. The van der Waals surface area contributed by atoms with Crippen molar-refractivity contribution >= 4 is 5.78 Å². The first-order valence-electron chi connectivity index (χ1n) is 9.98. The van der Waals surface area contributed by atoms with Crippen LogP contribution in [0.25, 0.3) is 0 Å². The van der Waals surface area contributed by atoms with Crippen LogP contribution in [0.3, 0.4) is 0 Å². The van der Waals surface area contributed by atoms with Gasteiger partial charge in [0, 0.05) is 23.3 Å². The van der Waals surface area contributed by atoms with Crippen LogP contribution in [-0.4, -0.2) is 11.9 Å². The van der Waals surface area contributed by atoms with Gasteiger partial charge in [0.1, 0.15) is 0 Å². The predicted octanol–water partition coefficient (Wildman–Crippen LogP) is 5.01. The summed E-state index contributed by atoms with van der Waals surface area (Å²) in [6.45, 7) is 2.16. The van der Waals surface area contributed by atoms with Crippen LogP contribution in [0.4, 0.5) is 0 Å². The quantitative estimate of drug-likeness (QED) is 0.826. The maximum absolute atomic E-state index is 13.6. The Morgan fingerprint density at radius 1 is 1.04 bits per heavy atom. The Kier molecular flexibility index (Phi) is 4.00. The minimum atomic E-state index is -0.450. The van der Waals surface area contributed by atoms with Gasteiger partial charge in [0.05, 0.1) is 11.6 Å². The SMILES string of the molecule is CC[C@@]1(c2ccccc2)C2=CN=NC2NC2=C1C(=O)C[C@@H](c1ccccc1)C2. The lowest BCUT2D eigenvalue weighted by Gasteiger charge is -2.46. The number of fused-ring (bicyclic) bond motifs is 1. The molecular formula is C24H23N3O. The topological polar surface area (TPSA) is 53.8 Å². The lowest BCUT2D eigenvalue weighted by Crippen LogP contribution is -2.50. The number of carbonyl (C=O) groups excluding carboxylic acids is 1. The fraction of sp³-hybridized carbons (Fsp3) is 0.292. The van der Waals surface area contributed by atoms with E-state index in [9.17, 15) is 4.79 Å². The van der Waals surface area contributed by atoms with Crippen LogP contribution in [0, 0.1) is 0 Å². The average Bonchev–Trinajstić information content (AvgIpc) is 3.22. The van der Waals surface area contributed by atoms with Gasteiger partial charge in [-0.3, -0.25) is 4.79 Å². The molecule has 140 valence electrons. The van der Waals surface area contributed by atoms with Gasteiger partial charge in [0.25, 0.3) is 0 Å². The predicted molar refractivity (Wildman–Crippen MR) is 109 cm³/mol. The molecule has 0 spiro atoms. The van der Waals surface area contributed by atoms with Gasteiger partial charge in [-0.25, -0.2) is 0 Å². The number of nitrogens with one attached hydrogen (secondary N) is 1. The van der Waals surface area contributed by atoms with Crippen LogP contribution in [0.15, 0.2) is 93.9 Å². The number of rotatable bonds is 3. The molecule has 4 nitrogen and oxygen atoms in total. The second-order valence-corrected chi connectivity index (χ2v) is 7.78. The van der Waals surface area contributed by atoms with E-state index >= 15 is 0 Å². The third kappa shape index (κ3) is 2.40. The van der Waals surface area contributed by atoms with E-state index in [2.05, 4.69) is 46.7 Å². The highest BCUT2D eigenvalue weighted by Crippen LogP contribution is 2.52. The van der Waals surface area contributed by atoms with Crippen molar-refractivity contribution in [1.82, 2.24) is 5.32 Å². The number of azo groups is 1. The van der Waals surface area contributed by atoms with E-state index < -0.39 is 5.41 Å². The molecule has 1 aliphatic carbocycles. The van der Waals surface area contributed by atoms with Crippen molar-refractivity contribution in [1.29, 1.82) is 0 Å². The molecule has 0 saturated heterocycles. The van der Waals surface area contributed by atoms with Gasteiger partial charge in [0.15, 0.2) is 11.9 Å². The van der Waals surface area contributed by atoms with Gasteiger partial charge in [-0.2, -0.15) is 10.2 Å². The van der Waals surface area contributed by atoms with Crippen LogP contribution >= 0.6 is 0 Å². The van der Waals surface area contributed by atoms with Crippen molar-refractivity contribution in [3.63, 3.8) is 0 Å². The largest absolute Gasteiger partial charge is 0.362 e. The third-order valence-corrected chi connectivity index (χ3v) is 6.43. The van der Waals surface area contributed by atoms with E-state index in [4.69, 9.17) is 0 Å². The summed E-state index contributed by atoms with van der Waals surface area (Å²) >= 11 is 0. The molecule has 0 aromatic heterocycles. The third-order valence-electron chi connectivity index (χ3n) is 6.43. The summed E-state index contributed by atoms with van der Waals surface area (Å²) in [7, 11) is 0. The molecule has 2 aromatic rings. The van der Waals surface area contributed by atoms with E-state index in [-0.39, 0.29) is 17.9 Å². The zero-order chi connectivity index (χ0) is 19.1. The lowest BCUT2D eigenvalue weighted by molar-refractivity contribution is -0.117. The van der Waals surface area contributed by atoms with Crippen LogP contribution in [0.2, 0.25) is 0 Å². The Bertz CT molecular complexity index is 1010. The monoisotopic (exact) mass is 369 g/mol. The molecule has 0 amide bonds. The molecule has 3 atom stereocenters. The Morgan fingerprint density at radius 3 is 2.46 bits per heavy atom. The molecule has 3 aliphatic rings. The van der Waals surface area contributed by atoms with Crippen LogP contribution < -0.4 is 5.32 Å². The zero-order valence-electron chi connectivity index (χ0n) is 15.9. The first-order valence-corrected chi connectivity index (χ1v) is 9.98. The fourth-order valence-corrected chi connectivity index (χ4v) is 5.18. The number of nitrogens with zero attached hydrogens (tertiary/aromatic N) is 2. The fourth-order valence-electron chi connectivity index (χ4n) is 5.18. The Morgan fingerprint density at radius 2 is 1.75 bits per heavy atom. The number of Topliss-reactive ketones (excluding diaryl/α,β-unsaturated/α-hetero) is 1.